The molecule has 1 amide bonds. The van der Waals surface area contributed by atoms with Crippen molar-refractivity contribution in [3.8, 4) is 0 Å². The number of nitrogens with zero attached hydrogens (tertiary/aromatic N) is 2. The van der Waals surface area contributed by atoms with Gasteiger partial charge in [0.05, 0.1) is 11.8 Å². The monoisotopic (exact) mass is 243 g/mol. The van der Waals surface area contributed by atoms with Gasteiger partial charge in [-0.05, 0) is 19.3 Å². The van der Waals surface area contributed by atoms with E-state index in [1.807, 2.05) is 14.0 Å². The summed E-state index contributed by atoms with van der Waals surface area (Å²) in [5.41, 5.74) is 1.52. The van der Waals surface area contributed by atoms with Crippen molar-refractivity contribution in [2.24, 2.45) is 13.0 Å². The zero-order valence-corrected chi connectivity index (χ0v) is 10.7. The highest BCUT2D eigenvalue weighted by atomic mass is 35.5. The Labute approximate surface area is 101 Å². The summed E-state index contributed by atoms with van der Waals surface area (Å²) in [6.07, 6.45) is 2.50. The Morgan fingerprint density at radius 2 is 2.38 bits per heavy atom. The van der Waals surface area contributed by atoms with Crippen molar-refractivity contribution in [2.45, 2.75) is 20.3 Å². The summed E-state index contributed by atoms with van der Waals surface area (Å²) in [7, 11) is 1.82. The van der Waals surface area contributed by atoms with Crippen LogP contribution in [0.5, 0.6) is 0 Å². The van der Waals surface area contributed by atoms with E-state index in [1.165, 1.54) is 0 Å². The molecular formula is C11H18ClN3O. The van der Waals surface area contributed by atoms with Crippen LogP contribution in [0, 0.1) is 12.8 Å². The van der Waals surface area contributed by atoms with Gasteiger partial charge in [0.15, 0.2) is 0 Å². The molecule has 1 N–H and O–H groups in total. The highest BCUT2D eigenvalue weighted by molar-refractivity contribution is 6.17. The molecule has 0 saturated carbocycles. The number of hydrogen-bond acceptors (Lipinski definition) is 2. The molecule has 5 heteroatoms. The standard InChI is InChI=1S/C11H18ClN3O/c1-8(4-5-12)6-13-11(16)10-7-14-15(3)9(10)2/h7-8H,4-6H2,1-3H3,(H,13,16). The molecule has 1 unspecified atom stereocenters. The Hall–Kier alpha value is -1.03. The minimum atomic E-state index is -0.0629. The van der Waals surface area contributed by atoms with Gasteiger partial charge in [0.2, 0.25) is 0 Å². The van der Waals surface area contributed by atoms with Crippen molar-refractivity contribution in [2.75, 3.05) is 12.4 Å². The molecule has 0 bridgehead atoms. The van der Waals surface area contributed by atoms with Gasteiger partial charge >= 0.3 is 0 Å². The molecule has 0 spiro atoms. The smallest absolute Gasteiger partial charge is 0.254 e. The van der Waals surface area contributed by atoms with Gasteiger partial charge in [-0.3, -0.25) is 9.48 Å². The predicted octanol–water partition coefficient (Wildman–Crippen LogP) is 1.72. The lowest BCUT2D eigenvalue weighted by molar-refractivity contribution is 0.0947. The van der Waals surface area contributed by atoms with Crippen LogP contribution in [-0.2, 0) is 7.05 Å². The van der Waals surface area contributed by atoms with E-state index < -0.39 is 0 Å². The van der Waals surface area contributed by atoms with Crippen LogP contribution in [0.15, 0.2) is 6.20 Å². The SMILES string of the molecule is Cc1c(C(=O)NCC(C)CCCl)cnn1C. The number of carbonyl (C=O) groups excluding carboxylic acids is 1. The van der Waals surface area contributed by atoms with Crippen LogP contribution in [0.2, 0.25) is 0 Å². The Bertz CT molecular complexity index is 362. The Kier molecular flexibility index (Phi) is 4.80. The fraction of sp³-hybridized carbons (Fsp3) is 0.636. The topological polar surface area (TPSA) is 46.9 Å². The maximum absolute atomic E-state index is 11.8. The first kappa shape index (κ1) is 13.0. The van der Waals surface area contributed by atoms with Gasteiger partial charge in [-0.1, -0.05) is 6.92 Å². The van der Waals surface area contributed by atoms with Crippen molar-refractivity contribution in [1.82, 2.24) is 15.1 Å². The fourth-order valence-electron chi connectivity index (χ4n) is 1.37. The number of halogens is 1. The summed E-state index contributed by atoms with van der Waals surface area (Å²) in [5.74, 6) is 0.966. The average molecular weight is 244 g/mol. The third-order valence-electron chi connectivity index (χ3n) is 2.69. The third-order valence-corrected chi connectivity index (χ3v) is 2.91. The van der Waals surface area contributed by atoms with Gasteiger partial charge in [-0.25, -0.2) is 0 Å². The maximum atomic E-state index is 11.8. The van der Waals surface area contributed by atoms with Gasteiger partial charge < -0.3 is 5.32 Å². The number of carbonyl (C=O) groups is 1. The fourth-order valence-corrected chi connectivity index (χ4v) is 1.74. The van der Waals surface area contributed by atoms with E-state index >= 15 is 0 Å². The summed E-state index contributed by atoms with van der Waals surface area (Å²) in [4.78, 5) is 11.8. The van der Waals surface area contributed by atoms with Crippen LogP contribution in [-0.4, -0.2) is 28.1 Å². The molecular weight excluding hydrogens is 226 g/mol. The zero-order valence-electron chi connectivity index (χ0n) is 9.96. The number of amides is 1. The summed E-state index contributed by atoms with van der Waals surface area (Å²) < 4.78 is 1.69. The molecule has 1 aromatic heterocycles. The lowest BCUT2D eigenvalue weighted by atomic mass is 10.1. The molecule has 0 aromatic carbocycles. The minimum Gasteiger partial charge on any atom is -0.352 e. The van der Waals surface area contributed by atoms with E-state index in [0.717, 1.165) is 12.1 Å². The highest BCUT2D eigenvalue weighted by Crippen LogP contribution is 2.06. The Morgan fingerprint density at radius 3 is 2.88 bits per heavy atom. The van der Waals surface area contributed by atoms with Gasteiger partial charge in [-0.2, -0.15) is 5.10 Å². The normalized spacial score (nSPS) is 12.5. The van der Waals surface area contributed by atoms with Crippen molar-refractivity contribution < 1.29 is 4.79 Å². The van der Waals surface area contributed by atoms with Crippen LogP contribution in [0.25, 0.3) is 0 Å². The second-order valence-electron chi connectivity index (χ2n) is 4.06. The second kappa shape index (κ2) is 5.89. The number of nitrogens with one attached hydrogen (secondary N) is 1. The molecule has 1 atom stereocenters. The van der Waals surface area contributed by atoms with Gasteiger partial charge in [-0.15, -0.1) is 11.6 Å². The van der Waals surface area contributed by atoms with Crippen molar-refractivity contribution in [3.63, 3.8) is 0 Å². The predicted molar refractivity (Wildman–Crippen MR) is 64.8 cm³/mol. The van der Waals surface area contributed by atoms with Gasteiger partial charge in [0, 0.05) is 25.2 Å². The lowest BCUT2D eigenvalue weighted by Crippen LogP contribution is -2.28. The summed E-state index contributed by atoms with van der Waals surface area (Å²) in [5, 5.41) is 6.92. The molecule has 0 fully saturated rings. The van der Waals surface area contributed by atoms with E-state index in [2.05, 4.69) is 17.3 Å². The second-order valence-corrected chi connectivity index (χ2v) is 4.44. The van der Waals surface area contributed by atoms with E-state index in [-0.39, 0.29) is 5.91 Å². The first-order valence-electron chi connectivity index (χ1n) is 5.39. The molecule has 4 nitrogen and oxygen atoms in total. The largest absolute Gasteiger partial charge is 0.352 e. The first-order chi connectivity index (χ1) is 7.56. The van der Waals surface area contributed by atoms with Gasteiger partial charge in [0.1, 0.15) is 0 Å². The molecule has 1 rings (SSSR count). The Morgan fingerprint density at radius 1 is 1.69 bits per heavy atom. The summed E-state index contributed by atoms with van der Waals surface area (Å²) in [6.45, 7) is 4.60. The minimum absolute atomic E-state index is 0.0629. The van der Waals surface area contributed by atoms with Crippen LogP contribution >= 0.6 is 11.6 Å². The van der Waals surface area contributed by atoms with E-state index in [9.17, 15) is 4.79 Å². The van der Waals surface area contributed by atoms with Crippen LogP contribution in [0.3, 0.4) is 0 Å². The third kappa shape index (κ3) is 3.23. The molecule has 0 aliphatic carbocycles. The number of alkyl halides is 1. The molecule has 16 heavy (non-hydrogen) atoms. The quantitative estimate of drug-likeness (QED) is 0.801. The highest BCUT2D eigenvalue weighted by Gasteiger charge is 2.13. The van der Waals surface area contributed by atoms with Crippen LogP contribution in [0.1, 0.15) is 29.4 Å². The number of hydrogen-bond donors (Lipinski definition) is 1. The van der Waals surface area contributed by atoms with E-state index in [0.29, 0.717) is 23.9 Å². The van der Waals surface area contributed by atoms with E-state index in [4.69, 9.17) is 11.6 Å². The average Bonchev–Trinajstić information content (AvgIpc) is 2.57. The first-order valence-corrected chi connectivity index (χ1v) is 5.92. The van der Waals surface area contributed by atoms with Crippen molar-refractivity contribution in [1.29, 1.82) is 0 Å². The molecule has 0 aliphatic rings. The Balaban J connectivity index is 2.50. The maximum Gasteiger partial charge on any atom is 0.254 e. The van der Waals surface area contributed by atoms with E-state index in [1.54, 1.807) is 10.9 Å². The van der Waals surface area contributed by atoms with Crippen LogP contribution in [0.4, 0.5) is 0 Å². The summed E-state index contributed by atoms with van der Waals surface area (Å²) in [6, 6.07) is 0. The van der Waals surface area contributed by atoms with Crippen molar-refractivity contribution >= 4 is 17.5 Å². The molecule has 1 aromatic rings. The molecule has 0 radical (unpaired) electrons. The number of aryl methyl sites for hydroxylation is 1. The number of rotatable bonds is 5. The zero-order chi connectivity index (χ0) is 12.1. The van der Waals surface area contributed by atoms with Crippen LogP contribution < -0.4 is 5.32 Å². The molecule has 90 valence electrons. The van der Waals surface area contributed by atoms with Crippen molar-refractivity contribution in [3.05, 3.63) is 17.5 Å². The van der Waals surface area contributed by atoms with Gasteiger partial charge in [0.25, 0.3) is 5.91 Å². The molecule has 1 heterocycles. The lowest BCUT2D eigenvalue weighted by Gasteiger charge is -2.10. The number of aromatic nitrogens is 2. The molecule has 0 saturated heterocycles. The summed E-state index contributed by atoms with van der Waals surface area (Å²) >= 11 is 5.63. The molecule has 0 aliphatic heterocycles.